The lowest BCUT2D eigenvalue weighted by Crippen LogP contribution is -2.44. The number of carbonyl (C=O) groups excluding carboxylic acids is 1. The lowest BCUT2D eigenvalue weighted by molar-refractivity contribution is -0.0641. The molecule has 10 nitrogen and oxygen atoms in total. The molecular weight excluding hydrogens is 456 g/mol. The van der Waals surface area contributed by atoms with Crippen LogP contribution < -0.4 is 11.2 Å². The van der Waals surface area contributed by atoms with Gasteiger partial charge < -0.3 is 24.1 Å². The second-order valence-electron chi connectivity index (χ2n) is 7.80. The summed E-state index contributed by atoms with van der Waals surface area (Å²) in [6.07, 6.45) is -4.47. The molecule has 2 heterocycles. The van der Waals surface area contributed by atoms with Crippen LogP contribution in [0.1, 0.15) is 26.3 Å². The highest BCUT2D eigenvalue weighted by Crippen LogP contribution is 2.33. The number of aliphatic hydroxyl groups excluding tert-OH is 1. The van der Waals surface area contributed by atoms with Gasteiger partial charge in [0.15, 0.2) is 12.3 Å². The zero-order valence-electron chi connectivity index (χ0n) is 21.6. The minimum Gasteiger partial charge on any atom is -0.453 e. The van der Waals surface area contributed by atoms with Gasteiger partial charge in [-0.2, -0.15) is 0 Å². The minimum atomic E-state index is -2.97. The number of hydrogen-bond donors (Lipinski definition) is 1. The molecule has 1 fully saturated rings. The Morgan fingerprint density at radius 3 is 2.46 bits per heavy atom. The zero-order valence-corrected chi connectivity index (χ0v) is 18.6. The minimum absolute atomic E-state index is 0.135. The Balaban J connectivity index is 1.62. The Kier molecular flexibility index (Phi) is 6.67. The molecule has 4 atom stereocenters. The molecule has 2 aromatic carbocycles. The van der Waals surface area contributed by atoms with Crippen LogP contribution in [0.5, 0.6) is 0 Å². The van der Waals surface area contributed by atoms with Crippen molar-refractivity contribution in [3.63, 3.8) is 0 Å². The van der Waals surface area contributed by atoms with E-state index in [9.17, 15) is 19.5 Å². The van der Waals surface area contributed by atoms with Crippen LogP contribution in [-0.4, -0.2) is 52.2 Å². The maximum absolute atomic E-state index is 13.3. The van der Waals surface area contributed by atoms with Gasteiger partial charge in [0.25, 0.3) is 5.56 Å². The molecule has 1 aliphatic rings. The van der Waals surface area contributed by atoms with Gasteiger partial charge >= 0.3 is 11.7 Å². The number of aliphatic hydroxyl groups is 1. The zero-order chi connectivity index (χ0) is 27.3. The first-order valence-corrected chi connectivity index (χ1v) is 10.8. The fraction of sp³-hybridized carbons (Fsp3) is 0.320. The van der Waals surface area contributed by atoms with Crippen LogP contribution in [0.3, 0.4) is 0 Å². The van der Waals surface area contributed by atoms with E-state index in [0.29, 0.717) is 0 Å². The summed E-state index contributed by atoms with van der Waals surface area (Å²) in [4.78, 5) is 38.5. The van der Waals surface area contributed by atoms with Crippen molar-refractivity contribution in [1.29, 1.82) is 0 Å². The molecule has 184 valence electrons. The molecule has 0 unspecified atom stereocenters. The Labute approximate surface area is 205 Å². The van der Waals surface area contributed by atoms with E-state index in [-0.39, 0.29) is 18.9 Å². The molecule has 1 saturated heterocycles. The normalized spacial score (nSPS) is 23.3. The summed E-state index contributed by atoms with van der Waals surface area (Å²) in [5.74, 6) is -0.802. The molecule has 1 aromatic heterocycles. The first-order chi connectivity index (χ1) is 18.2. The molecule has 0 radical (unpaired) electrons. The highest BCUT2D eigenvalue weighted by molar-refractivity contribution is 5.89. The summed E-state index contributed by atoms with van der Waals surface area (Å²) in [7, 11) is -2.97. The first-order valence-electron chi connectivity index (χ1n) is 12.3. The number of methoxy groups -OCH3 is 1. The summed E-state index contributed by atoms with van der Waals surface area (Å²) in [5, 5.41) is 9.92. The van der Waals surface area contributed by atoms with Crippen LogP contribution in [0.2, 0.25) is 0 Å². The molecule has 0 saturated carbocycles. The summed E-state index contributed by atoms with van der Waals surface area (Å²) < 4.78 is 46.6. The van der Waals surface area contributed by atoms with E-state index >= 15 is 0 Å². The number of nitrogens with zero attached hydrogens (tertiary/aromatic N) is 2. The molecule has 10 heteroatoms. The fourth-order valence-electron chi connectivity index (χ4n) is 3.79. The molecule has 4 rings (SSSR count). The lowest BCUT2D eigenvalue weighted by Gasteiger charge is -2.23. The van der Waals surface area contributed by atoms with Crippen molar-refractivity contribution < 1.29 is 33.0 Å². The Hall–Kier alpha value is -3.57. The third kappa shape index (κ3) is 5.41. The van der Waals surface area contributed by atoms with E-state index in [0.717, 1.165) is 27.0 Å². The fourth-order valence-corrected chi connectivity index (χ4v) is 3.79. The summed E-state index contributed by atoms with van der Waals surface area (Å²) in [5.41, 5.74) is -0.518. The lowest BCUT2D eigenvalue weighted by atomic mass is 10.1. The smallest absolute Gasteiger partial charge is 0.338 e. The number of aromatic nitrogens is 2. The number of carbonyl (C=O) groups is 1. The summed E-state index contributed by atoms with van der Waals surface area (Å²) >= 11 is 0. The van der Waals surface area contributed by atoms with Crippen molar-refractivity contribution in [2.24, 2.45) is 0 Å². The predicted molar refractivity (Wildman–Crippen MR) is 124 cm³/mol. The molecule has 0 spiro atoms. The molecule has 1 N–H and O–H groups in total. The third-order valence-electron chi connectivity index (χ3n) is 5.56. The van der Waals surface area contributed by atoms with Gasteiger partial charge in [-0.15, -0.1) is 0 Å². The van der Waals surface area contributed by atoms with Crippen molar-refractivity contribution in [2.45, 2.75) is 37.9 Å². The number of esters is 1. The maximum atomic E-state index is 13.3. The maximum Gasteiger partial charge on any atom is 0.338 e. The number of hydrogen-bond acceptors (Lipinski definition) is 8. The number of ether oxygens (including phenoxy) is 4. The van der Waals surface area contributed by atoms with Gasteiger partial charge in [-0.05, 0) is 17.7 Å². The molecule has 35 heavy (non-hydrogen) atoms. The van der Waals surface area contributed by atoms with E-state index in [1.54, 1.807) is 18.2 Å². The van der Waals surface area contributed by atoms with Crippen molar-refractivity contribution in [2.75, 3.05) is 13.6 Å². The third-order valence-corrected chi connectivity index (χ3v) is 5.56. The molecule has 3 aromatic rings. The highest BCUT2D eigenvalue weighted by Gasteiger charge is 2.48. The monoisotopic (exact) mass is 485 g/mol. The van der Waals surface area contributed by atoms with Gasteiger partial charge in [0.05, 0.1) is 22.9 Å². The average molecular weight is 486 g/mol. The van der Waals surface area contributed by atoms with E-state index in [4.69, 9.17) is 23.1 Å². The van der Waals surface area contributed by atoms with E-state index < -0.39 is 55.4 Å². The quantitative estimate of drug-likeness (QED) is 0.451. The second kappa shape index (κ2) is 11.2. The molecule has 0 amide bonds. The molecule has 0 aliphatic carbocycles. The second-order valence-corrected chi connectivity index (χ2v) is 7.80. The Morgan fingerprint density at radius 1 is 1.06 bits per heavy atom. The van der Waals surface area contributed by atoms with Gasteiger partial charge in [-0.3, -0.25) is 9.36 Å². The Morgan fingerprint density at radius 2 is 1.77 bits per heavy atom. The van der Waals surface area contributed by atoms with Crippen molar-refractivity contribution in [1.82, 2.24) is 9.13 Å². The highest BCUT2D eigenvalue weighted by atomic mass is 16.6. The van der Waals surface area contributed by atoms with E-state index in [2.05, 4.69) is 0 Å². The topological polar surface area (TPSA) is 118 Å². The van der Waals surface area contributed by atoms with Crippen LogP contribution >= 0.6 is 0 Å². The van der Waals surface area contributed by atoms with Crippen LogP contribution in [0.15, 0.2) is 82.5 Å². The van der Waals surface area contributed by atoms with Gasteiger partial charge in [0.2, 0.25) is 0 Å². The van der Waals surface area contributed by atoms with Crippen LogP contribution in [0.4, 0.5) is 0 Å². The SMILES string of the molecule is [2H]C([2H])([2H])O[C@@H]1[C@H](OC(=O)c2ccccc2)[C@@H](CO)O[C@H]1n1ccc(=O)n(COCc2ccccc2)c1=O. The van der Waals surface area contributed by atoms with Crippen LogP contribution in [0, 0.1) is 0 Å². The molecular formula is C25H26N2O8. The van der Waals surface area contributed by atoms with Gasteiger partial charge in [-0.1, -0.05) is 48.5 Å². The standard InChI is InChI=1S/C25H26N2O8/c1-32-22-21(35-24(30)18-10-6-3-7-11-18)19(14-28)34-23(22)26-13-12-20(29)27(25(26)31)16-33-15-17-8-4-2-5-9-17/h2-13,19,21-23,28H,14-16H2,1H3/t19-,21-,22-,23-/m1/s1/i1D3. The largest absolute Gasteiger partial charge is 0.453 e. The summed E-state index contributed by atoms with van der Waals surface area (Å²) in [6, 6.07) is 18.1. The predicted octanol–water partition coefficient (Wildman–Crippen LogP) is 1.31. The number of benzene rings is 2. The van der Waals surface area contributed by atoms with Crippen molar-refractivity contribution in [3.05, 3.63) is 105 Å². The molecule has 0 bridgehead atoms. The van der Waals surface area contributed by atoms with Gasteiger partial charge in [-0.25, -0.2) is 14.2 Å². The van der Waals surface area contributed by atoms with E-state index in [1.165, 1.54) is 12.1 Å². The van der Waals surface area contributed by atoms with Gasteiger partial charge in [0, 0.05) is 19.3 Å². The summed E-state index contributed by atoms with van der Waals surface area (Å²) in [6.45, 7) is -0.921. The van der Waals surface area contributed by atoms with Crippen LogP contribution in [-0.2, 0) is 32.3 Å². The molecule has 1 aliphatic heterocycles. The Bertz CT molecular complexity index is 1340. The van der Waals surface area contributed by atoms with Crippen molar-refractivity contribution in [3.8, 4) is 0 Å². The van der Waals surface area contributed by atoms with Crippen molar-refractivity contribution >= 4 is 5.97 Å². The number of rotatable bonds is 9. The van der Waals surface area contributed by atoms with Crippen LogP contribution in [0.25, 0.3) is 0 Å². The average Bonchev–Trinajstić information content (AvgIpc) is 3.22. The van der Waals surface area contributed by atoms with Gasteiger partial charge in [0.1, 0.15) is 18.9 Å². The van der Waals surface area contributed by atoms with E-state index in [1.807, 2.05) is 30.3 Å². The first kappa shape index (κ1) is 20.8.